The van der Waals surface area contributed by atoms with Crippen molar-refractivity contribution < 1.29 is 4.79 Å². The maximum atomic E-state index is 12.9. The zero-order valence-electron chi connectivity index (χ0n) is 15.7. The van der Waals surface area contributed by atoms with Gasteiger partial charge in [-0.05, 0) is 62.4 Å². The van der Waals surface area contributed by atoms with Crippen LogP contribution in [0.25, 0.3) is 11.0 Å². The van der Waals surface area contributed by atoms with Gasteiger partial charge in [-0.1, -0.05) is 24.3 Å². The van der Waals surface area contributed by atoms with Crippen LogP contribution >= 0.6 is 0 Å². The predicted octanol–water partition coefficient (Wildman–Crippen LogP) is 3.53. The van der Waals surface area contributed by atoms with Gasteiger partial charge in [0.25, 0.3) is 11.5 Å². The third-order valence-electron chi connectivity index (χ3n) is 5.36. The number of aryl methyl sites for hydroxylation is 3. The first kappa shape index (κ1) is 17.5. The molecule has 0 aliphatic heterocycles. The van der Waals surface area contributed by atoms with Crippen molar-refractivity contribution in [1.29, 1.82) is 0 Å². The highest BCUT2D eigenvalue weighted by molar-refractivity contribution is 5.97. The lowest BCUT2D eigenvalue weighted by Crippen LogP contribution is -2.31. The molecule has 138 valence electrons. The van der Waals surface area contributed by atoms with Gasteiger partial charge in [0.1, 0.15) is 5.69 Å². The van der Waals surface area contributed by atoms with Crippen LogP contribution in [0.15, 0.2) is 47.3 Å². The first-order valence-corrected chi connectivity index (χ1v) is 9.48. The monoisotopic (exact) mass is 361 g/mol. The quantitative estimate of drug-likeness (QED) is 0.776. The van der Waals surface area contributed by atoms with E-state index in [1.807, 2.05) is 25.1 Å². The summed E-state index contributed by atoms with van der Waals surface area (Å²) < 4.78 is 1.69. The SMILES string of the molecule is CCn1c(=O)c(C)nc2cc(C(=O)N[C@@H]3CCCc4ccccc43)ccc21. The van der Waals surface area contributed by atoms with E-state index in [0.717, 1.165) is 24.8 Å². The molecule has 1 N–H and O–H groups in total. The molecule has 0 saturated heterocycles. The van der Waals surface area contributed by atoms with Crippen LogP contribution in [0.4, 0.5) is 0 Å². The van der Waals surface area contributed by atoms with Gasteiger partial charge in [-0.2, -0.15) is 0 Å². The Labute approximate surface area is 158 Å². The van der Waals surface area contributed by atoms with Crippen molar-refractivity contribution in [1.82, 2.24) is 14.9 Å². The highest BCUT2D eigenvalue weighted by Crippen LogP contribution is 2.29. The molecular formula is C22H23N3O2. The number of hydrogen-bond acceptors (Lipinski definition) is 3. The third kappa shape index (κ3) is 3.14. The zero-order chi connectivity index (χ0) is 19.0. The Balaban J connectivity index is 1.66. The maximum Gasteiger partial charge on any atom is 0.272 e. The first-order valence-electron chi connectivity index (χ1n) is 9.48. The summed E-state index contributed by atoms with van der Waals surface area (Å²) in [6, 6.07) is 13.7. The first-order chi connectivity index (χ1) is 13.1. The molecule has 1 heterocycles. The number of aromatic nitrogens is 2. The average molecular weight is 361 g/mol. The minimum atomic E-state index is -0.104. The van der Waals surface area contributed by atoms with Crippen LogP contribution in [0.1, 0.15) is 53.0 Å². The van der Waals surface area contributed by atoms with Crippen molar-refractivity contribution in [3.05, 3.63) is 75.2 Å². The van der Waals surface area contributed by atoms with E-state index < -0.39 is 0 Å². The summed E-state index contributed by atoms with van der Waals surface area (Å²) in [5.41, 5.74) is 4.89. The van der Waals surface area contributed by atoms with Crippen LogP contribution in [0.3, 0.4) is 0 Å². The number of carbonyl (C=O) groups excluding carboxylic acids is 1. The number of benzene rings is 2. The predicted molar refractivity (Wildman–Crippen MR) is 106 cm³/mol. The molecule has 1 aromatic heterocycles. The lowest BCUT2D eigenvalue weighted by molar-refractivity contribution is 0.0933. The Morgan fingerprint density at radius 1 is 1.26 bits per heavy atom. The Hall–Kier alpha value is -2.95. The van der Waals surface area contributed by atoms with E-state index in [4.69, 9.17) is 0 Å². The summed E-state index contributed by atoms with van der Waals surface area (Å²) in [6.07, 6.45) is 3.09. The Bertz CT molecular complexity index is 1080. The summed E-state index contributed by atoms with van der Waals surface area (Å²) in [7, 11) is 0. The van der Waals surface area contributed by atoms with Crippen molar-refractivity contribution in [2.45, 2.75) is 45.7 Å². The number of nitrogens with zero attached hydrogens (tertiary/aromatic N) is 2. The molecule has 0 spiro atoms. The summed E-state index contributed by atoms with van der Waals surface area (Å²) in [4.78, 5) is 29.5. The van der Waals surface area contributed by atoms with Crippen molar-refractivity contribution in [2.24, 2.45) is 0 Å². The number of carbonyl (C=O) groups is 1. The van der Waals surface area contributed by atoms with Crippen LogP contribution in [0, 0.1) is 6.92 Å². The molecule has 1 atom stereocenters. The normalized spacial score (nSPS) is 16.1. The van der Waals surface area contributed by atoms with Gasteiger partial charge in [0.05, 0.1) is 17.1 Å². The molecular weight excluding hydrogens is 338 g/mol. The Kier molecular flexibility index (Phi) is 4.52. The Morgan fingerprint density at radius 2 is 2.07 bits per heavy atom. The van der Waals surface area contributed by atoms with Crippen LogP contribution in [0.5, 0.6) is 0 Å². The highest BCUT2D eigenvalue weighted by Gasteiger charge is 2.22. The molecule has 0 unspecified atom stereocenters. The fourth-order valence-electron chi connectivity index (χ4n) is 3.98. The summed E-state index contributed by atoms with van der Waals surface area (Å²) in [6.45, 7) is 4.21. The molecule has 27 heavy (non-hydrogen) atoms. The van der Waals surface area contributed by atoms with Gasteiger partial charge in [0.15, 0.2) is 0 Å². The molecule has 0 saturated carbocycles. The lowest BCUT2D eigenvalue weighted by atomic mass is 9.87. The van der Waals surface area contributed by atoms with Crippen LogP contribution in [0.2, 0.25) is 0 Å². The lowest BCUT2D eigenvalue weighted by Gasteiger charge is -2.26. The fourth-order valence-corrected chi connectivity index (χ4v) is 3.98. The molecule has 1 aliphatic rings. The van der Waals surface area contributed by atoms with Crippen LogP contribution < -0.4 is 10.9 Å². The molecule has 4 rings (SSSR count). The van der Waals surface area contributed by atoms with Gasteiger partial charge >= 0.3 is 0 Å². The van der Waals surface area contributed by atoms with Gasteiger partial charge in [-0.15, -0.1) is 0 Å². The van der Waals surface area contributed by atoms with E-state index in [-0.39, 0.29) is 17.5 Å². The molecule has 1 amide bonds. The molecule has 5 heteroatoms. The minimum absolute atomic E-state index is 0.0393. The molecule has 3 aromatic rings. The highest BCUT2D eigenvalue weighted by atomic mass is 16.1. The van der Waals surface area contributed by atoms with E-state index in [0.29, 0.717) is 23.3 Å². The summed E-state index contributed by atoms with van der Waals surface area (Å²) >= 11 is 0. The van der Waals surface area contributed by atoms with Crippen LogP contribution in [-0.4, -0.2) is 15.5 Å². The number of rotatable bonds is 3. The summed E-state index contributed by atoms with van der Waals surface area (Å²) in [5, 5.41) is 3.18. The van der Waals surface area contributed by atoms with E-state index in [1.54, 1.807) is 23.6 Å². The second-order valence-corrected chi connectivity index (χ2v) is 7.07. The topological polar surface area (TPSA) is 64.0 Å². The number of fused-ring (bicyclic) bond motifs is 2. The molecule has 0 fully saturated rings. The van der Waals surface area contributed by atoms with Gasteiger partial charge in [-0.25, -0.2) is 4.98 Å². The van der Waals surface area contributed by atoms with Crippen LogP contribution in [-0.2, 0) is 13.0 Å². The summed E-state index contributed by atoms with van der Waals surface area (Å²) in [5.74, 6) is -0.104. The van der Waals surface area contributed by atoms with Crippen molar-refractivity contribution in [3.8, 4) is 0 Å². The Morgan fingerprint density at radius 3 is 2.89 bits per heavy atom. The molecule has 0 bridgehead atoms. The molecule has 5 nitrogen and oxygen atoms in total. The van der Waals surface area contributed by atoms with Crippen molar-refractivity contribution >= 4 is 16.9 Å². The van der Waals surface area contributed by atoms with E-state index in [2.05, 4.69) is 22.4 Å². The third-order valence-corrected chi connectivity index (χ3v) is 5.36. The van der Waals surface area contributed by atoms with E-state index >= 15 is 0 Å². The zero-order valence-corrected chi connectivity index (χ0v) is 15.7. The van der Waals surface area contributed by atoms with Crippen molar-refractivity contribution in [2.75, 3.05) is 0 Å². The number of nitrogens with one attached hydrogen (secondary N) is 1. The standard InChI is InChI=1S/C22H23N3O2/c1-3-25-20-12-11-16(13-19(20)23-14(2)22(25)27)21(26)24-18-10-6-8-15-7-4-5-9-17(15)18/h4-5,7,9,11-13,18H,3,6,8,10H2,1-2H3,(H,24,26)/t18-/m1/s1. The van der Waals surface area contributed by atoms with Gasteiger partial charge in [0.2, 0.25) is 0 Å². The second kappa shape index (κ2) is 6.99. The van der Waals surface area contributed by atoms with E-state index in [1.165, 1.54) is 11.1 Å². The van der Waals surface area contributed by atoms with Gasteiger partial charge in [-0.3, -0.25) is 9.59 Å². The van der Waals surface area contributed by atoms with E-state index in [9.17, 15) is 9.59 Å². The fraction of sp³-hybridized carbons (Fsp3) is 0.318. The smallest absolute Gasteiger partial charge is 0.272 e. The second-order valence-electron chi connectivity index (χ2n) is 7.07. The molecule has 2 aromatic carbocycles. The van der Waals surface area contributed by atoms with Gasteiger partial charge in [0, 0.05) is 12.1 Å². The molecule has 0 radical (unpaired) electrons. The number of hydrogen-bond donors (Lipinski definition) is 1. The van der Waals surface area contributed by atoms with Crippen molar-refractivity contribution in [3.63, 3.8) is 0 Å². The molecule has 1 aliphatic carbocycles. The largest absolute Gasteiger partial charge is 0.345 e. The number of amides is 1. The average Bonchev–Trinajstić information content (AvgIpc) is 2.69. The minimum Gasteiger partial charge on any atom is -0.345 e. The maximum absolute atomic E-state index is 12.9. The van der Waals surface area contributed by atoms with Gasteiger partial charge < -0.3 is 9.88 Å².